The molecule has 0 aromatic carbocycles. The van der Waals surface area contributed by atoms with Crippen LogP contribution < -0.4 is 0 Å². The number of hydrogen-bond donors (Lipinski definition) is 0. The first-order valence-corrected chi connectivity index (χ1v) is 8.57. The second-order valence-electron chi connectivity index (χ2n) is 6.82. The molecule has 0 saturated carbocycles. The maximum Gasteiger partial charge on any atom is 0.410 e. The first-order chi connectivity index (χ1) is 11.1. The van der Waals surface area contributed by atoms with E-state index in [1.54, 1.807) is 9.58 Å². The molecule has 0 radical (unpaired) electrons. The third kappa shape index (κ3) is 3.96. The molecule has 1 atom stereocenters. The van der Waals surface area contributed by atoms with Crippen molar-refractivity contribution < 1.29 is 14.3 Å². The van der Waals surface area contributed by atoms with Gasteiger partial charge < -0.3 is 9.64 Å². The Morgan fingerprint density at radius 1 is 1.42 bits per heavy atom. The average Bonchev–Trinajstić information content (AvgIpc) is 2.82. The van der Waals surface area contributed by atoms with Gasteiger partial charge in [0.15, 0.2) is 5.78 Å². The van der Waals surface area contributed by atoms with Crippen LogP contribution in [0.3, 0.4) is 0 Å². The lowest BCUT2D eigenvalue weighted by atomic mass is 10.1. The summed E-state index contributed by atoms with van der Waals surface area (Å²) in [6.45, 7) is 15.2. The van der Waals surface area contributed by atoms with E-state index in [0.717, 1.165) is 12.8 Å². The fourth-order valence-electron chi connectivity index (χ4n) is 2.74. The number of Topliss-reactive ketones (excluding diaryl/α,β-unsaturated/α-hetero) is 1. The van der Waals surface area contributed by atoms with Crippen molar-refractivity contribution in [3.8, 4) is 0 Å². The minimum atomic E-state index is -0.555. The van der Waals surface area contributed by atoms with Crippen molar-refractivity contribution in [3.05, 3.63) is 21.7 Å². The Kier molecular flexibility index (Phi) is 5.33. The number of carbonyl (C=O) groups is 2. The molecule has 0 aliphatic carbocycles. The molecule has 0 unspecified atom stereocenters. The summed E-state index contributed by atoms with van der Waals surface area (Å²) in [6, 6.07) is -0.156. The zero-order valence-corrected chi connectivity index (χ0v) is 15.9. The largest absolute Gasteiger partial charge is 0.444 e. The van der Waals surface area contributed by atoms with Crippen LogP contribution in [0.2, 0.25) is 0 Å². The molecule has 1 amide bonds. The Labute approximate surface area is 149 Å². The van der Waals surface area contributed by atoms with Gasteiger partial charge in [-0.25, -0.2) is 9.64 Å². The van der Waals surface area contributed by atoms with Gasteiger partial charge in [-0.3, -0.25) is 9.48 Å². The van der Waals surface area contributed by atoms with Crippen molar-refractivity contribution in [3.63, 3.8) is 0 Å². The van der Waals surface area contributed by atoms with E-state index in [9.17, 15) is 9.59 Å². The summed E-state index contributed by atoms with van der Waals surface area (Å²) in [5, 5.41) is 4.31. The van der Waals surface area contributed by atoms with E-state index in [-0.39, 0.29) is 29.3 Å². The second-order valence-corrected chi connectivity index (χ2v) is 7.57. The van der Waals surface area contributed by atoms with E-state index in [0.29, 0.717) is 17.7 Å². The monoisotopic (exact) mass is 396 g/mol. The molecule has 0 spiro atoms. The van der Waals surface area contributed by atoms with Crippen molar-refractivity contribution >= 4 is 33.5 Å². The molecular formula is C16H21BrN4O3. The van der Waals surface area contributed by atoms with Gasteiger partial charge in [0.25, 0.3) is 0 Å². The summed E-state index contributed by atoms with van der Waals surface area (Å²) in [7, 11) is 0. The number of carbonyl (C=O) groups excluding carboxylic acids is 2. The molecule has 1 aliphatic heterocycles. The van der Waals surface area contributed by atoms with Crippen molar-refractivity contribution in [2.75, 3.05) is 13.1 Å². The average molecular weight is 397 g/mol. The van der Waals surface area contributed by atoms with Gasteiger partial charge in [-0.2, -0.15) is 5.10 Å². The van der Waals surface area contributed by atoms with Gasteiger partial charge >= 0.3 is 6.09 Å². The highest BCUT2D eigenvalue weighted by Crippen LogP contribution is 2.34. The van der Waals surface area contributed by atoms with Gasteiger partial charge in [-0.15, -0.1) is 0 Å². The lowest BCUT2D eigenvalue weighted by Crippen LogP contribution is -2.43. The highest BCUT2D eigenvalue weighted by Gasteiger charge is 2.32. The lowest BCUT2D eigenvalue weighted by Gasteiger charge is -2.34. The van der Waals surface area contributed by atoms with E-state index >= 15 is 0 Å². The summed E-state index contributed by atoms with van der Waals surface area (Å²) in [5.41, 5.74) is -0.0505. The molecular weight excluding hydrogens is 376 g/mol. The number of rotatable bonds is 2. The van der Waals surface area contributed by atoms with Crippen LogP contribution in [-0.2, 0) is 4.74 Å². The van der Waals surface area contributed by atoms with Crippen molar-refractivity contribution in [1.82, 2.24) is 14.7 Å². The molecule has 130 valence electrons. The third-order valence-corrected chi connectivity index (χ3v) is 4.22. The third-order valence-electron chi connectivity index (χ3n) is 3.68. The van der Waals surface area contributed by atoms with Gasteiger partial charge in [0.2, 0.25) is 5.69 Å². The molecule has 1 saturated heterocycles. The molecule has 2 rings (SSSR count). The van der Waals surface area contributed by atoms with Crippen molar-refractivity contribution in [1.29, 1.82) is 0 Å². The predicted molar refractivity (Wildman–Crippen MR) is 92.3 cm³/mol. The zero-order chi connectivity index (χ0) is 18.1. The molecule has 1 fully saturated rings. The van der Waals surface area contributed by atoms with E-state index < -0.39 is 5.60 Å². The number of amides is 1. The number of likely N-dealkylation sites (tertiary alicyclic amines) is 1. The fraction of sp³-hybridized carbons (Fsp3) is 0.625. The smallest absolute Gasteiger partial charge is 0.410 e. The summed E-state index contributed by atoms with van der Waals surface area (Å²) < 4.78 is 7.36. The lowest BCUT2D eigenvalue weighted by molar-refractivity contribution is 0.0166. The Hall–Kier alpha value is -1.88. The van der Waals surface area contributed by atoms with Crippen LogP contribution in [0.15, 0.2) is 4.60 Å². The number of halogens is 1. The van der Waals surface area contributed by atoms with Gasteiger partial charge in [0, 0.05) is 13.1 Å². The minimum Gasteiger partial charge on any atom is -0.444 e. The molecule has 1 aliphatic rings. The molecule has 1 aromatic heterocycles. The van der Waals surface area contributed by atoms with Crippen molar-refractivity contribution in [2.24, 2.45) is 0 Å². The van der Waals surface area contributed by atoms with Crippen molar-refractivity contribution in [2.45, 2.75) is 52.2 Å². The van der Waals surface area contributed by atoms with E-state index in [2.05, 4.69) is 25.9 Å². The number of nitrogens with zero attached hydrogens (tertiary/aromatic N) is 4. The van der Waals surface area contributed by atoms with E-state index in [1.807, 2.05) is 20.8 Å². The number of hydrogen-bond acceptors (Lipinski definition) is 4. The highest BCUT2D eigenvalue weighted by atomic mass is 79.9. The van der Waals surface area contributed by atoms with Gasteiger partial charge in [0.05, 0.1) is 12.6 Å². The predicted octanol–water partition coefficient (Wildman–Crippen LogP) is 3.97. The molecule has 7 nitrogen and oxygen atoms in total. The van der Waals surface area contributed by atoms with Crippen LogP contribution in [-0.4, -0.2) is 45.2 Å². The van der Waals surface area contributed by atoms with Crippen LogP contribution in [0.1, 0.15) is 57.1 Å². The first-order valence-electron chi connectivity index (χ1n) is 7.78. The van der Waals surface area contributed by atoms with Crippen LogP contribution in [0.5, 0.6) is 0 Å². The number of ketones is 1. The zero-order valence-electron chi connectivity index (χ0n) is 14.3. The summed E-state index contributed by atoms with van der Waals surface area (Å²) in [4.78, 5) is 29.3. The molecule has 24 heavy (non-hydrogen) atoms. The topological polar surface area (TPSA) is 68.8 Å². The van der Waals surface area contributed by atoms with Crippen LogP contribution in [0.25, 0.3) is 4.85 Å². The van der Waals surface area contributed by atoms with E-state index in [4.69, 9.17) is 11.3 Å². The van der Waals surface area contributed by atoms with Gasteiger partial charge in [-0.05, 0) is 56.5 Å². The van der Waals surface area contributed by atoms with Crippen LogP contribution >= 0.6 is 15.9 Å². The molecule has 0 N–H and O–H groups in total. The Morgan fingerprint density at radius 2 is 2.08 bits per heavy atom. The first kappa shape index (κ1) is 18.5. The normalized spacial score (nSPS) is 18.2. The Morgan fingerprint density at radius 3 is 2.62 bits per heavy atom. The minimum absolute atomic E-state index is 0.156. The number of piperidine rings is 1. The Balaban J connectivity index is 2.26. The maximum absolute atomic E-state index is 12.3. The Bertz CT molecular complexity index is 699. The van der Waals surface area contributed by atoms with E-state index in [1.165, 1.54) is 6.92 Å². The molecule has 8 heteroatoms. The summed E-state index contributed by atoms with van der Waals surface area (Å²) in [5.74, 6) is -0.214. The SMILES string of the molecule is [C-]#[N+]c1c(Br)nn([C@@H]2CCCN(C(=O)OC(C)(C)C)C2)c1C(C)=O. The standard InChI is InChI=1S/C16H21BrN4O3/c1-10(22)13-12(18-5)14(17)19-21(13)11-7-6-8-20(9-11)15(23)24-16(2,3)4/h11H,6-9H2,1-4H3/t11-/m1/s1. The molecule has 0 bridgehead atoms. The summed E-state index contributed by atoms with van der Waals surface area (Å²) in [6.07, 6.45) is 1.20. The maximum atomic E-state index is 12.3. The quantitative estimate of drug-likeness (QED) is 0.560. The highest BCUT2D eigenvalue weighted by molar-refractivity contribution is 9.10. The second kappa shape index (κ2) is 6.93. The summed E-state index contributed by atoms with van der Waals surface area (Å²) >= 11 is 3.24. The van der Waals surface area contributed by atoms with Crippen LogP contribution in [0.4, 0.5) is 10.5 Å². The van der Waals surface area contributed by atoms with Gasteiger partial charge in [-0.1, -0.05) is 0 Å². The molecule has 1 aromatic rings. The number of aromatic nitrogens is 2. The van der Waals surface area contributed by atoms with Crippen LogP contribution in [0, 0.1) is 6.57 Å². The number of ether oxygens (including phenoxy) is 1. The molecule has 2 heterocycles. The fourth-order valence-corrected chi connectivity index (χ4v) is 3.18. The van der Waals surface area contributed by atoms with Gasteiger partial charge in [0.1, 0.15) is 15.9 Å².